The fourth-order valence-electron chi connectivity index (χ4n) is 3.48. The van der Waals surface area contributed by atoms with Gasteiger partial charge in [-0.2, -0.15) is 0 Å². The number of aryl methyl sites for hydroxylation is 1. The van der Waals surface area contributed by atoms with E-state index in [-0.39, 0.29) is 12.0 Å². The average molecular weight is 317 g/mol. The van der Waals surface area contributed by atoms with Gasteiger partial charge < -0.3 is 9.64 Å². The number of nitrogens with zero attached hydrogens (tertiary/aromatic N) is 3. The first kappa shape index (κ1) is 16.4. The molecule has 2 fully saturated rings. The third-order valence-corrected chi connectivity index (χ3v) is 4.64. The number of hydrogen-bond acceptors (Lipinski definition) is 4. The van der Waals surface area contributed by atoms with Crippen LogP contribution in [0.4, 0.5) is 0 Å². The molecule has 5 nitrogen and oxygen atoms in total. The first-order chi connectivity index (χ1) is 11.2. The highest BCUT2D eigenvalue weighted by molar-refractivity contribution is 5.78. The number of carbonyl (C=O) groups is 1. The van der Waals surface area contributed by atoms with Crippen molar-refractivity contribution in [3.8, 4) is 0 Å². The smallest absolute Gasteiger partial charge is 0.236 e. The van der Waals surface area contributed by atoms with E-state index in [2.05, 4.69) is 22.9 Å². The van der Waals surface area contributed by atoms with Crippen molar-refractivity contribution in [2.75, 3.05) is 32.8 Å². The van der Waals surface area contributed by atoms with E-state index in [9.17, 15) is 4.79 Å². The summed E-state index contributed by atoms with van der Waals surface area (Å²) >= 11 is 0. The number of likely N-dealkylation sites (tertiary alicyclic amines) is 1. The molecular formula is C18H27N3O2. The highest BCUT2D eigenvalue weighted by atomic mass is 16.5. The lowest BCUT2D eigenvalue weighted by Crippen LogP contribution is -2.41. The second kappa shape index (κ2) is 7.88. The maximum Gasteiger partial charge on any atom is 0.236 e. The molecule has 0 aromatic carbocycles. The van der Waals surface area contributed by atoms with Gasteiger partial charge in [0.2, 0.25) is 5.91 Å². The van der Waals surface area contributed by atoms with E-state index in [0.29, 0.717) is 6.54 Å². The summed E-state index contributed by atoms with van der Waals surface area (Å²) in [4.78, 5) is 21.0. The zero-order chi connectivity index (χ0) is 16.1. The van der Waals surface area contributed by atoms with E-state index in [1.54, 1.807) is 0 Å². The predicted molar refractivity (Wildman–Crippen MR) is 89.0 cm³/mol. The SMILES string of the molecule is Cc1cncc(CN(CC(=O)N2CCCC2)C[C@H]2CCCO2)c1. The van der Waals surface area contributed by atoms with Crippen molar-refractivity contribution in [3.05, 3.63) is 29.6 Å². The van der Waals surface area contributed by atoms with Gasteiger partial charge in [-0.25, -0.2) is 0 Å². The summed E-state index contributed by atoms with van der Waals surface area (Å²) in [5.74, 6) is 0.251. The van der Waals surface area contributed by atoms with Gasteiger partial charge in [0.25, 0.3) is 0 Å². The summed E-state index contributed by atoms with van der Waals surface area (Å²) in [7, 11) is 0. The Morgan fingerprint density at radius 1 is 1.35 bits per heavy atom. The summed E-state index contributed by atoms with van der Waals surface area (Å²) in [6.07, 6.45) is 8.53. The molecule has 2 saturated heterocycles. The van der Waals surface area contributed by atoms with Crippen molar-refractivity contribution in [2.24, 2.45) is 0 Å². The number of carbonyl (C=O) groups excluding carboxylic acids is 1. The van der Waals surface area contributed by atoms with Crippen LogP contribution in [0.25, 0.3) is 0 Å². The van der Waals surface area contributed by atoms with Crippen LogP contribution in [0.15, 0.2) is 18.5 Å². The predicted octanol–water partition coefficient (Wildman–Crippen LogP) is 1.99. The molecule has 126 valence electrons. The molecule has 1 amide bonds. The third kappa shape index (κ3) is 4.75. The Morgan fingerprint density at radius 3 is 2.87 bits per heavy atom. The van der Waals surface area contributed by atoms with Crippen LogP contribution < -0.4 is 0 Å². The minimum absolute atomic E-state index is 0.251. The van der Waals surface area contributed by atoms with Crippen molar-refractivity contribution in [1.29, 1.82) is 0 Å². The molecule has 0 N–H and O–H groups in total. The number of pyridine rings is 1. The summed E-state index contributed by atoms with van der Waals surface area (Å²) < 4.78 is 5.77. The van der Waals surface area contributed by atoms with Gasteiger partial charge in [0.1, 0.15) is 0 Å². The van der Waals surface area contributed by atoms with Crippen LogP contribution in [0, 0.1) is 6.92 Å². The normalized spacial score (nSPS) is 21.3. The number of rotatable bonds is 6. The van der Waals surface area contributed by atoms with Crippen LogP contribution >= 0.6 is 0 Å². The highest BCUT2D eigenvalue weighted by Gasteiger charge is 2.24. The molecule has 0 bridgehead atoms. The van der Waals surface area contributed by atoms with Gasteiger partial charge in [0.15, 0.2) is 0 Å². The molecule has 3 heterocycles. The van der Waals surface area contributed by atoms with Crippen molar-refractivity contribution >= 4 is 5.91 Å². The summed E-state index contributed by atoms with van der Waals surface area (Å²) in [6.45, 7) is 6.80. The Bertz CT molecular complexity index is 523. The molecular weight excluding hydrogens is 290 g/mol. The van der Waals surface area contributed by atoms with E-state index in [0.717, 1.165) is 69.6 Å². The van der Waals surface area contributed by atoms with Gasteiger partial charge in [0.05, 0.1) is 12.6 Å². The maximum absolute atomic E-state index is 12.5. The fourth-order valence-corrected chi connectivity index (χ4v) is 3.48. The van der Waals surface area contributed by atoms with Crippen molar-refractivity contribution in [2.45, 2.75) is 45.3 Å². The molecule has 1 aromatic rings. The zero-order valence-electron chi connectivity index (χ0n) is 14.0. The van der Waals surface area contributed by atoms with Crippen LogP contribution in [0.2, 0.25) is 0 Å². The fraction of sp³-hybridized carbons (Fsp3) is 0.667. The Kier molecular flexibility index (Phi) is 5.62. The van der Waals surface area contributed by atoms with E-state index in [1.807, 2.05) is 17.3 Å². The molecule has 2 aliphatic rings. The Morgan fingerprint density at radius 2 is 2.17 bits per heavy atom. The molecule has 1 atom stereocenters. The van der Waals surface area contributed by atoms with Gasteiger partial charge in [0, 0.05) is 45.2 Å². The summed E-state index contributed by atoms with van der Waals surface area (Å²) in [5, 5.41) is 0. The number of ether oxygens (including phenoxy) is 1. The second-order valence-corrected chi connectivity index (χ2v) is 6.76. The van der Waals surface area contributed by atoms with Gasteiger partial charge in [-0.3, -0.25) is 14.7 Å². The Hall–Kier alpha value is -1.46. The van der Waals surface area contributed by atoms with Crippen molar-refractivity contribution < 1.29 is 9.53 Å². The first-order valence-electron chi connectivity index (χ1n) is 8.73. The summed E-state index contributed by atoms with van der Waals surface area (Å²) in [6, 6.07) is 2.15. The number of hydrogen-bond donors (Lipinski definition) is 0. The minimum Gasteiger partial charge on any atom is -0.377 e. The topological polar surface area (TPSA) is 45.7 Å². The van der Waals surface area contributed by atoms with Gasteiger partial charge in [-0.05, 0) is 43.7 Å². The largest absolute Gasteiger partial charge is 0.377 e. The molecule has 0 spiro atoms. The lowest BCUT2D eigenvalue weighted by Gasteiger charge is -2.27. The molecule has 0 saturated carbocycles. The molecule has 23 heavy (non-hydrogen) atoms. The molecule has 0 unspecified atom stereocenters. The zero-order valence-corrected chi connectivity index (χ0v) is 14.0. The lowest BCUT2D eigenvalue weighted by molar-refractivity contribution is -0.131. The molecule has 1 aromatic heterocycles. The molecule has 3 rings (SSSR count). The monoisotopic (exact) mass is 317 g/mol. The van der Waals surface area contributed by atoms with Gasteiger partial charge in [-0.15, -0.1) is 0 Å². The van der Waals surface area contributed by atoms with E-state index >= 15 is 0 Å². The van der Waals surface area contributed by atoms with Gasteiger partial charge >= 0.3 is 0 Å². The molecule has 0 aliphatic carbocycles. The first-order valence-corrected chi connectivity index (χ1v) is 8.73. The average Bonchev–Trinajstić information content (AvgIpc) is 3.20. The van der Waals surface area contributed by atoms with Crippen LogP contribution in [0.5, 0.6) is 0 Å². The number of amides is 1. The van der Waals surface area contributed by atoms with Crippen LogP contribution in [0.1, 0.15) is 36.8 Å². The standard InChI is InChI=1S/C18H27N3O2/c1-15-9-16(11-19-10-15)12-20(13-17-5-4-8-23-17)14-18(22)21-6-2-3-7-21/h9-11,17H,2-8,12-14H2,1H3/t17-/m1/s1. The quantitative estimate of drug-likeness (QED) is 0.805. The van der Waals surface area contributed by atoms with E-state index in [4.69, 9.17) is 4.74 Å². The Balaban J connectivity index is 1.63. The van der Waals surface area contributed by atoms with Gasteiger partial charge in [-0.1, -0.05) is 6.07 Å². The second-order valence-electron chi connectivity index (χ2n) is 6.76. The van der Waals surface area contributed by atoms with E-state index in [1.165, 1.54) is 0 Å². The third-order valence-electron chi connectivity index (χ3n) is 4.64. The maximum atomic E-state index is 12.5. The summed E-state index contributed by atoms with van der Waals surface area (Å²) in [5.41, 5.74) is 2.32. The molecule has 0 radical (unpaired) electrons. The minimum atomic E-state index is 0.251. The number of aromatic nitrogens is 1. The molecule has 2 aliphatic heterocycles. The molecule has 5 heteroatoms. The van der Waals surface area contributed by atoms with Crippen molar-refractivity contribution in [1.82, 2.24) is 14.8 Å². The van der Waals surface area contributed by atoms with Crippen LogP contribution in [-0.2, 0) is 16.1 Å². The Labute approximate surface area is 138 Å². The van der Waals surface area contributed by atoms with Crippen molar-refractivity contribution in [3.63, 3.8) is 0 Å². The lowest BCUT2D eigenvalue weighted by atomic mass is 10.2. The highest BCUT2D eigenvalue weighted by Crippen LogP contribution is 2.16. The van der Waals surface area contributed by atoms with Crippen LogP contribution in [0.3, 0.4) is 0 Å². The van der Waals surface area contributed by atoms with E-state index < -0.39 is 0 Å². The van der Waals surface area contributed by atoms with Crippen LogP contribution in [-0.4, -0.2) is 59.6 Å².